The minimum absolute atomic E-state index is 0.0200. The second kappa shape index (κ2) is 7.77. The summed E-state index contributed by atoms with van der Waals surface area (Å²) in [5.41, 5.74) is 2.05. The van der Waals surface area contributed by atoms with E-state index in [4.69, 9.17) is 0 Å². The Bertz CT molecular complexity index is 846. The Balaban J connectivity index is 1.75. The summed E-state index contributed by atoms with van der Waals surface area (Å²) in [6.45, 7) is 5.23. The second-order valence-electron chi connectivity index (χ2n) is 7.42. The number of hydrogen-bond donors (Lipinski definition) is 1. The van der Waals surface area contributed by atoms with Crippen molar-refractivity contribution in [1.82, 2.24) is 15.1 Å². The van der Waals surface area contributed by atoms with E-state index in [0.29, 0.717) is 17.2 Å². The van der Waals surface area contributed by atoms with Gasteiger partial charge >= 0.3 is 0 Å². The summed E-state index contributed by atoms with van der Waals surface area (Å²) in [5, 5.41) is 18.6. The number of rotatable bonds is 6. The first-order valence-electron chi connectivity index (χ1n) is 9.15. The number of aryl methyl sites for hydroxylation is 1. The third-order valence-corrected chi connectivity index (χ3v) is 4.76. The van der Waals surface area contributed by atoms with Gasteiger partial charge in [0, 0.05) is 44.0 Å². The van der Waals surface area contributed by atoms with E-state index in [2.05, 4.69) is 10.4 Å². The number of benzene rings is 1. The van der Waals surface area contributed by atoms with Crippen LogP contribution in [0.1, 0.15) is 36.2 Å². The number of nitro groups is 1. The van der Waals surface area contributed by atoms with Crippen LogP contribution in [-0.4, -0.2) is 39.7 Å². The Hall–Kier alpha value is -2.90. The van der Waals surface area contributed by atoms with Crippen LogP contribution in [0.3, 0.4) is 0 Å². The summed E-state index contributed by atoms with van der Waals surface area (Å²) >= 11 is 0. The molecule has 0 bridgehead atoms. The molecular formula is C19H25N5O3. The number of nitrogens with zero attached hydrogens (tertiary/aromatic N) is 4. The van der Waals surface area contributed by atoms with Gasteiger partial charge in [-0.25, -0.2) is 0 Å². The molecule has 1 saturated heterocycles. The average Bonchev–Trinajstić information content (AvgIpc) is 3.23. The summed E-state index contributed by atoms with van der Waals surface area (Å²) in [6.07, 6.45) is 5.76. The molecule has 0 spiro atoms. The molecule has 1 aromatic heterocycles. The Morgan fingerprint density at radius 2 is 2.22 bits per heavy atom. The van der Waals surface area contributed by atoms with E-state index >= 15 is 0 Å². The van der Waals surface area contributed by atoms with Crippen LogP contribution in [0.15, 0.2) is 30.6 Å². The molecule has 1 aromatic carbocycles. The summed E-state index contributed by atoms with van der Waals surface area (Å²) in [4.78, 5) is 25.4. The molecule has 8 nitrogen and oxygen atoms in total. The van der Waals surface area contributed by atoms with Gasteiger partial charge in [-0.05, 0) is 50.3 Å². The first-order chi connectivity index (χ1) is 12.8. The molecule has 0 saturated carbocycles. The van der Waals surface area contributed by atoms with Gasteiger partial charge < -0.3 is 10.2 Å². The molecule has 2 aromatic rings. The van der Waals surface area contributed by atoms with Crippen LogP contribution in [0.2, 0.25) is 0 Å². The molecule has 0 radical (unpaired) electrons. The zero-order chi connectivity index (χ0) is 19.6. The molecule has 2 heterocycles. The maximum absolute atomic E-state index is 12.2. The predicted octanol–water partition coefficient (Wildman–Crippen LogP) is 2.54. The molecule has 27 heavy (non-hydrogen) atoms. The van der Waals surface area contributed by atoms with E-state index in [1.54, 1.807) is 16.8 Å². The lowest BCUT2D eigenvalue weighted by molar-refractivity contribution is -0.384. The maximum Gasteiger partial charge on any atom is 0.293 e. The highest BCUT2D eigenvalue weighted by molar-refractivity contribution is 5.96. The van der Waals surface area contributed by atoms with Gasteiger partial charge in [-0.1, -0.05) is 0 Å². The van der Waals surface area contributed by atoms with E-state index in [1.807, 2.05) is 38.2 Å². The standard InChI is InChI=1S/C19H25N5O3/c1-13(2)21-19(25)16-4-5-17(18(9-16)24(26)27)23-7-6-14(12-23)8-15-10-20-22(3)11-15/h4-5,9-11,13-14H,6-8,12H2,1-3H3,(H,21,25). The quantitative estimate of drug-likeness (QED) is 0.622. The van der Waals surface area contributed by atoms with E-state index < -0.39 is 4.92 Å². The van der Waals surface area contributed by atoms with E-state index in [1.165, 1.54) is 11.6 Å². The third-order valence-electron chi connectivity index (χ3n) is 4.76. The van der Waals surface area contributed by atoms with Gasteiger partial charge in [0.25, 0.3) is 11.6 Å². The fourth-order valence-electron chi connectivity index (χ4n) is 3.55. The number of carbonyl (C=O) groups excluding carboxylic acids is 1. The summed E-state index contributed by atoms with van der Waals surface area (Å²) < 4.78 is 1.79. The van der Waals surface area contributed by atoms with Gasteiger partial charge in [-0.3, -0.25) is 19.6 Å². The van der Waals surface area contributed by atoms with Crippen LogP contribution >= 0.6 is 0 Å². The largest absolute Gasteiger partial charge is 0.366 e. The Morgan fingerprint density at radius 3 is 2.85 bits per heavy atom. The van der Waals surface area contributed by atoms with Crippen molar-refractivity contribution in [2.24, 2.45) is 13.0 Å². The van der Waals surface area contributed by atoms with Crippen molar-refractivity contribution >= 4 is 17.3 Å². The topological polar surface area (TPSA) is 93.3 Å². The molecule has 1 N–H and O–H groups in total. The number of carbonyl (C=O) groups is 1. The maximum atomic E-state index is 12.2. The summed E-state index contributed by atoms with van der Waals surface area (Å²) in [7, 11) is 1.89. The highest BCUT2D eigenvalue weighted by Gasteiger charge is 2.28. The summed E-state index contributed by atoms with van der Waals surface area (Å²) in [5.74, 6) is 0.133. The Morgan fingerprint density at radius 1 is 1.44 bits per heavy atom. The van der Waals surface area contributed by atoms with Crippen molar-refractivity contribution in [3.8, 4) is 0 Å². The van der Waals surface area contributed by atoms with Gasteiger partial charge in [0.05, 0.1) is 11.1 Å². The highest BCUT2D eigenvalue weighted by Crippen LogP contribution is 2.34. The lowest BCUT2D eigenvalue weighted by Gasteiger charge is -2.19. The summed E-state index contributed by atoms with van der Waals surface area (Å²) in [6, 6.07) is 4.71. The molecule has 144 valence electrons. The van der Waals surface area contributed by atoms with Crippen molar-refractivity contribution in [2.75, 3.05) is 18.0 Å². The lowest BCUT2D eigenvalue weighted by Crippen LogP contribution is -2.30. The minimum atomic E-state index is -0.407. The van der Waals surface area contributed by atoms with Gasteiger partial charge in [-0.2, -0.15) is 5.10 Å². The van der Waals surface area contributed by atoms with Crippen LogP contribution in [0, 0.1) is 16.0 Å². The second-order valence-corrected chi connectivity index (χ2v) is 7.42. The van der Waals surface area contributed by atoms with Gasteiger partial charge in [0.2, 0.25) is 0 Å². The van der Waals surface area contributed by atoms with Crippen molar-refractivity contribution < 1.29 is 9.72 Å². The smallest absolute Gasteiger partial charge is 0.293 e. The molecular weight excluding hydrogens is 346 g/mol. The third kappa shape index (κ3) is 4.45. The van der Waals surface area contributed by atoms with Crippen LogP contribution in [0.5, 0.6) is 0 Å². The van der Waals surface area contributed by atoms with Gasteiger partial charge in [0.1, 0.15) is 5.69 Å². The number of hydrogen-bond acceptors (Lipinski definition) is 5. The number of nitrogens with one attached hydrogen (secondary N) is 1. The van der Waals surface area contributed by atoms with E-state index in [0.717, 1.165) is 25.9 Å². The number of nitro benzene ring substituents is 1. The first-order valence-corrected chi connectivity index (χ1v) is 9.15. The van der Waals surface area contributed by atoms with Crippen molar-refractivity contribution in [3.05, 3.63) is 51.8 Å². The number of aromatic nitrogens is 2. The average molecular weight is 371 g/mol. The van der Waals surface area contributed by atoms with Crippen molar-refractivity contribution in [3.63, 3.8) is 0 Å². The minimum Gasteiger partial charge on any atom is -0.366 e. The fraction of sp³-hybridized carbons (Fsp3) is 0.474. The number of amides is 1. The molecule has 1 atom stereocenters. The molecule has 0 aliphatic carbocycles. The number of anilines is 1. The molecule has 1 fully saturated rings. The van der Waals surface area contributed by atoms with Crippen LogP contribution in [-0.2, 0) is 13.5 Å². The zero-order valence-corrected chi connectivity index (χ0v) is 15.9. The van der Waals surface area contributed by atoms with Gasteiger partial charge in [-0.15, -0.1) is 0 Å². The van der Waals surface area contributed by atoms with Crippen molar-refractivity contribution in [1.29, 1.82) is 0 Å². The first kappa shape index (κ1) is 18.9. The van der Waals surface area contributed by atoms with Crippen LogP contribution in [0.25, 0.3) is 0 Å². The molecule has 3 rings (SSSR count). The van der Waals surface area contributed by atoms with Gasteiger partial charge in [0.15, 0.2) is 0 Å². The van der Waals surface area contributed by atoms with E-state index in [9.17, 15) is 14.9 Å². The fourth-order valence-corrected chi connectivity index (χ4v) is 3.55. The Kier molecular flexibility index (Phi) is 5.43. The van der Waals surface area contributed by atoms with Crippen LogP contribution < -0.4 is 10.2 Å². The Labute approximate surface area is 158 Å². The monoisotopic (exact) mass is 371 g/mol. The molecule has 1 aliphatic heterocycles. The normalized spacial score (nSPS) is 16.7. The predicted molar refractivity (Wildman–Crippen MR) is 103 cm³/mol. The van der Waals surface area contributed by atoms with Crippen molar-refractivity contribution in [2.45, 2.75) is 32.7 Å². The SMILES string of the molecule is CC(C)NC(=O)c1ccc(N2CCC(Cc3cnn(C)c3)C2)c([N+](=O)[O-])c1. The molecule has 1 unspecified atom stereocenters. The van der Waals surface area contributed by atoms with Crippen LogP contribution in [0.4, 0.5) is 11.4 Å². The lowest BCUT2D eigenvalue weighted by atomic mass is 10.0. The zero-order valence-electron chi connectivity index (χ0n) is 15.9. The molecule has 1 aliphatic rings. The molecule has 1 amide bonds. The molecule has 8 heteroatoms. The highest BCUT2D eigenvalue weighted by atomic mass is 16.6. The van der Waals surface area contributed by atoms with E-state index in [-0.39, 0.29) is 17.6 Å².